The van der Waals surface area contributed by atoms with Crippen LogP contribution in [-0.4, -0.2) is 45.4 Å². The van der Waals surface area contributed by atoms with E-state index in [1.165, 1.54) is 4.90 Å². The fraction of sp³-hybridized carbons (Fsp3) is 0.318. The van der Waals surface area contributed by atoms with Crippen LogP contribution in [0.15, 0.2) is 48.5 Å². The zero-order chi connectivity index (χ0) is 19.7. The topological polar surface area (TPSA) is 67.2 Å². The van der Waals surface area contributed by atoms with Crippen molar-refractivity contribution >= 4 is 22.8 Å². The SMILES string of the molecule is Cc1nc2ccccc2n1CCN[C@H](C)CCN1C(=O)c2ccccc2C1=O. The summed E-state index contributed by atoms with van der Waals surface area (Å²) in [5.41, 5.74) is 3.17. The lowest BCUT2D eigenvalue weighted by molar-refractivity contribution is 0.0649. The molecule has 0 bridgehead atoms. The number of amides is 2. The fourth-order valence-corrected chi connectivity index (χ4v) is 3.77. The Kier molecular flexibility index (Phi) is 4.96. The highest BCUT2D eigenvalue weighted by molar-refractivity contribution is 6.21. The van der Waals surface area contributed by atoms with E-state index in [2.05, 4.69) is 27.9 Å². The zero-order valence-electron chi connectivity index (χ0n) is 16.2. The van der Waals surface area contributed by atoms with Crippen molar-refractivity contribution in [2.45, 2.75) is 32.9 Å². The predicted octanol–water partition coefficient (Wildman–Crippen LogP) is 3.01. The van der Waals surface area contributed by atoms with Gasteiger partial charge in [-0.1, -0.05) is 24.3 Å². The van der Waals surface area contributed by atoms with Gasteiger partial charge in [-0.2, -0.15) is 0 Å². The second-order valence-corrected chi connectivity index (χ2v) is 7.25. The van der Waals surface area contributed by atoms with Gasteiger partial charge >= 0.3 is 0 Å². The normalized spacial score (nSPS) is 14.7. The number of imide groups is 1. The second-order valence-electron chi connectivity index (χ2n) is 7.25. The quantitative estimate of drug-likeness (QED) is 0.644. The summed E-state index contributed by atoms with van der Waals surface area (Å²) in [7, 11) is 0. The molecule has 1 aromatic heterocycles. The number of hydrogen-bond donors (Lipinski definition) is 1. The smallest absolute Gasteiger partial charge is 0.261 e. The van der Waals surface area contributed by atoms with Crippen LogP contribution in [0.2, 0.25) is 0 Å². The van der Waals surface area contributed by atoms with E-state index in [1.807, 2.05) is 25.1 Å². The van der Waals surface area contributed by atoms with E-state index in [0.717, 1.165) is 36.4 Å². The number of hydrogen-bond acceptors (Lipinski definition) is 4. The Morgan fingerprint density at radius 3 is 2.32 bits per heavy atom. The van der Waals surface area contributed by atoms with Gasteiger partial charge in [0.2, 0.25) is 0 Å². The van der Waals surface area contributed by atoms with E-state index < -0.39 is 0 Å². The highest BCUT2D eigenvalue weighted by atomic mass is 16.2. The second kappa shape index (κ2) is 7.56. The van der Waals surface area contributed by atoms with Crippen LogP contribution in [-0.2, 0) is 6.54 Å². The van der Waals surface area contributed by atoms with Crippen molar-refractivity contribution in [2.24, 2.45) is 0 Å². The highest BCUT2D eigenvalue weighted by Gasteiger charge is 2.34. The third-order valence-electron chi connectivity index (χ3n) is 5.34. The summed E-state index contributed by atoms with van der Waals surface area (Å²) in [5.74, 6) is 0.628. The summed E-state index contributed by atoms with van der Waals surface area (Å²) in [6.45, 7) is 6.14. The van der Waals surface area contributed by atoms with Crippen LogP contribution in [0.25, 0.3) is 11.0 Å². The summed E-state index contributed by atoms with van der Waals surface area (Å²) in [5, 5.41) is 3.49. The number of carbonyl (C=O) groups excluding carboxylic acids is 2. The maximum atomic E-state index is 12.4. The molecule has 0 spiro atoms. The standard InChI is InChI=1S/C22H24N4O2/c1-15(11-13-26-21(27)17-7-3-4-8-18(17)22(26)28)23-12-14-25-16(2)24-19-9-5-6-10-20(19)25/h3-10,15,23H,11-14H2,1-2H3/t15-/m1/s1. The fourth-order valence-electron chi connectivity index (χ4n) is 3.77. The van der Waals surface area contributed by atoms with Crippen molar-refractivity contribution in [3.05, 3.63) is 65.5 Å². The van der Waals surface area contributed by atoms with Gasteiger partial charge < -0.3 is 9.88 Å². The summed E-state index contributed by atoms with van der Waals surface area (Å²) < 4.78 is 2.21. The lowest BCUT2D eigenvalue weighted by Crippen LogP contribution is -2.36. The Hall–Kier alpha value is -2.99. The minimum atomic E-state index is -0.187. The van der Waals surface area contributed by atoms with E-state index in [9.17, 15) is 9.59 Å². The van der Waals surface area contributed by atoms with Gasteiger partial charge in [0.15, 0.2) is 0 Å². The van der Waals surface area contributed by atoms with Crippen LogP contribution in [0.4, 0.5) is 0 Å². The molecule has 1 atom stereocenters. The van der Waals surface area contributed by atoms with Crippen LogP contribution in [0.1, 0.15) is 39.9 Å². The molecule has 6 nitrogen and oxygen atoms in total. The Morgan fingerprint density at radius 2 is 1.61 bits per heavy atom. The summed E-state index contributed by atoms with van der Waals surface area (Å²) in [6, 6.07) is 15.3. The number of aryl methyl sites for hydroxylation is 1. The first-order chi connectivity index (χ1) is 13.6. The number of aromatic nitrogens is 2. The third-order valence-corrected chi connectivity index (χ3v) is 5.34. The van der Waals surface area contributed by atoms with Crippen molar-refractivity contribution < 1.29 is 9.59 Å². The van der Waals surface area contributed by atoms with E-state index >= 15 is 0 Å². The molecule has 0 saturated heterocycles. The lowest BCUT2D eigenvalue weighted by Gasteiger charge is -2.19. The molecule has 0 saturated carbocycles. The molecule has 0 aliphatic carbocycles. The predicted molar refractivity (Wildman–Crippen MR) is 108 cm³/mol. The molecule has 1 aliphatic heterocycles. The van der Waals surface area contributed by atoms with E-state index in [1.54, 1.807) is 24.3 Å². The Morgan fingerprint density at radius 1 is 0.964 bits per heavy atom. The van der Waals surface area contributed by atoms with Crippen molar-refractivity contribution in [1.29, 1.82) is 0 Å². The van der Waals surface area contributed by atoms with E-state index in [-0.39, 0.29) is 17.9 Å². The Balaban J connectivity index is 1.30. The Bertz CT molecular complexity index is 1000. The molecule has 2 heterocycles. The third kappa shape index (κ3) is 3.31. The zero-order valence-corrected chi connectivity index (χ0v) is 16.2. The Labute approximate surface area is 164 Å². The van der Waals surface area contributed by atoms with Gasteiger partial charge in [0.05, 0.1) is 22.2 Å². The van der Waals surface area contributed by atoms with Crippen LogP contribution < -0.4 is 5.32 Å². The lowest BCUT2D eigenvalue weighted by atomic mass is 10.1. The summed E-state index contributed by atoms with van der Waals surface area (Å²) in [6.07, 6.45) is 0.717. The molecule has 3 aromatic rings. The van der Waals surface area contributed by atoms with Crippen molar-refractivity contribution in [2.75, 3.05) is 13.1 Å². The molecule has 2 aromatic carbocycles. The number of nitrogens with zero attached hydrogens (tertiary/aromatic N) is 3. The molecule has 2 amide bonds. The minimum absolute atomic E-state index is 0.187. The van der Waals surface area contributed by atoms with Gasteiger partial charge in [-0.3, -0.25) is 14.5 Å². The average Bonchev–Trinajstić information content (AvgIpc) is 3.15. The molecule has 28 heavy (non-hydrogen) atoms. The van der Waals surface area contributed by atoms with Crippen LogP contribution in [0.5, 0.6) is 0 Å². The monoisotopic (exact) mass is 376 g/mol. The molecular formula is C22H24N4O2. The van der Waals surface area contributed by atoms with Crippen molar-refractivity contribution in [3.8, 4) is 0 Å². The average molecular weight is 376 g/mol. The van der Waals surface area contributed by atoms with Crippen LogP contribution in [0.3, 0.4) is 0 Å². The van der Waals surface area contributed by atoms with Gasteiger partial charge in [-0.15, -0.1) is 0 Å². The van der Waals surface area contributed by atoms with Crippen molar-refractivity contribution in [3.63, 3.8) is 0 Å². The summed E-state index contributed by atoms with van der Waals surface area (Å²) in [4.78, 5) is 30.8. The molecule has 4 rings (SSSR count). The minimum Gasteiger partial charge on any atom is -0.327 e. The molecule has 1 aliphatic rings. The van der Waals surface area contributed by atoms with Crippen LogP contribution in [0, 0.1) is 6.92 Å². The van der Waals surface area contributed by atoms with E-state index in [0.29, 0.717) is 17.7 Å². The van der Waals surface area contributed by atoms with Gasteiger partial charge in [0.25, 0.3) is 11.8 Å². The van der Waals surface area contributed by atoms with E-state index in [4.69, 9.17) is 0 Å². The molecule has 0 radical (unpaired) electrons. The highest BCUT2D eigenvalue weighted by Crippen LogP contribution is 2.22. The van der Waals surface area contributed by atoms with Crippen molar-refractivity contribution in [1.82, 2.24) is 19.8 Å². The number of fused-ring (bicyclic) bond motifs is 2. The maximum absolute atomic E-state index is 12.4. The molecule has 6 heteroatoms. The largest absolute Gasteiger partial charge is 0.327 e. The van der Waals surface area contributed by atoms with Gasteiger partial charge in [-0.25, -0.2) is 4.98 Å². The first kappa shape index (κ1) is 18.4. The molecule has 0 unspecified atom stereocenters. The first-order valence-corrected chi connectivity index (χ1v) is 9.66. The number of benzene rings is 2. The number of para-hydroxylation sites is 2. The molecular weight excluding hydrogens is 352 g/mol. The number of rotatable bonds is 7. The first-order valence-electron chi connectivity index (χ1n) is 9.66. The van der Waals surface area contributed by atoms with Gasteiger partial charge in [0.1, 0.15) is 5.82 Å². The number of nitrogens with one attached hydrogen (secondary N) is 1. The molecule has 1 N–H and O–H groups in total. The molecule has 144 valence electrons. The number of carbonyl (C=O) groups is 2. The number of imidazole rings is 1. The van der Waals surface area contributed by atoms with Crippen LogP contribution >= 0.6 is 0 Å². The van der Waals surface area contributed by atoms with Gasteiger partial charge in [0, 0.05) is 25.7 Å². The van der Waals surface area contributed by atoms with Gasteiger partial charge in [-0.05, 0) is 44.5 Å². The maximum Gasteiger partial charge on any atom is 0.261 e. The summed E-state index contributed by atoms with van der Waals surface area (Å²) >= 11 is 0. The molecule has 0 fully saturated rings.